The van der Waals surface area contributed by atoms with Crippen molar-refractivity contribution in [2.24, 2.45) is 0 Å². The van der Waals surface area contributed by atoms with Crippen LogP contribution in [0.25, 0.3) is 10.8 Å². The molecule has 1 N–H and O–H groups in total. The highest BCUT2D eigenvalue weighted by Crippen LogP contribution is 2.38. The molecule has 0 saturated carbocycles. The monoisotopic (exact) mass is 269 g/mol. The quantitative estimate of drug-likeness (QED) is 0.616. The van der Waals surface area contributed by atoms with Crippen molar-refractivity contribution in [1.29, 1.82) is 0 Å². The third-order valence-corrected chi connectivity index (χ3v) is 4.07. The van der Waals surface area contributed by atoms with Crippen LogP contribution in [0.1, 0.15) is 39.2 Å². The Morgan fingerprint density at radius 2 is 1.90 bits per heavy atom. The Bertz CT molecular complexity index is 601. The summed E-state index contributed by atoms with van der Waals surface area (Å²) in [5.41, 5.74) is 2.60. The molecule has 2 aromatic rings. The molecule has 0 fully saturated rings. The summed E-state index contributed by atoms with van der Waals surface area (Å²) in [6, 6.07) is 12.8. The van der Waals surface area contributed by atoms with E-state index < -0.39 is 0 Å². The Morgan fingerprint density at radius 3 is 2.60 bits per heavy atom. The molecule has 20 heavy (non-hydrogen) atoms. The standard InChI is InChI=1S/C18H23NO/c1-4-18(2,3)17-15-9-6-5-8-14(15)10-11-16(17)19-12-7-13-20/h5-6,8-11,13,19H,4,7,12H2,1-3H3. The molecule has 0 aliphatic heterocycles. The minimum absolute atomic E-state index is 0.102. The number of hydrogen-bond acceptors (Lipinski definition) is 2. The summed E-state index contributed by atoms with van der Waals surface area (Å²) in [5.74, 6) is 0. The van der Waals surface area contributed by atoms with E-state index in [1.54, 1.807) is 0 Å². The predicted octanol–water partition coefficient (Wildman–Crippen LogP) is 4.53. The molecule has 0 saturated heterocycles. The third kappa shape index (κ3) is 2.84. The van der Waals surface area contributed by atoms with Crippen LogP contribution >= 0.6 is 0 Å². The number of nitrogens with one attached hydrogen (secondary N) is 1. The van der Waals surface area contributed by atoms with Gasteiger partial charge < -0.3 is 10.1 Å². The second-order valence-corrected chi connectivity index (χ2v) is 5.83. The van der Waals surface area contributed by atoms with Crippen molar-refractivity contribution in [3.63, 3.8) is 0 Å². The van der Waals surface area contributed by atoms with Gasteiger partial charge in [0.2, 0.25) is 0 Å². The van der Waals surface area contributed by atoms with Gasteiger partial charge in [-0.2, -0.15) is 0 Å². The number of fused-ring (bicyclic) bond motifs is 1. The largest absolute Gasteiger partial charge is 0.384 e. The van der Waals surface area contributed by atoms with Crippen LogP contribution in [0, 0.1) is 0 Å². The lowest BCUT2D eigenvalue weighted by atomic mass is 9.78. The number of carbonyl (C=O) groups excluding carboxylic acids is 1. The molecular weight excluding hydrogens is 246 g/mol. The highest BCUT2D eigenvalue weighted by Gasteiger charge is 2.23. The molecule has 106 valence electrons. The summed E-state index contributed by atoms with van der Waals surface area (Å²) >= 11 is 0. The predicted molar refractivity (Wildman–Crippen MR) is 86.4 cm³/mol. The minimum atomic E-state index is 0.102. The number of hydrogen-bond donors (Lipinski definition) is 1. The Morgan fingerprint density at radius 1 is 1.15 bits per heavy atom. The highest BCUT2D eigenvalue weighted by molar-refractivity contribution is 5.91. The normalized spacial score (nSPS) is 11.6. The van der Waals surface area contributed by atoms with Crippen molar-refractivity contribution in [2.45, 2.75) is 39.0 Å². The number of anilines is 1. The Labute approximate surface area is 121 Å². The summed E-state index contributed by atoms with van der Waals surface area (Å²) in [7, 11) is 0. The maximum atomic E-state index is 10.5. The van der Waals surface area contributed by atoms with Crippen molar-refractivity contribution in [3.8, 4) is 0 Å². The first-order chi connectivity index (χ1) is 9.60. The molecule has 0 unspecified atom stereocenters. The van der Waals surface area contributed by atoms with Crippen molar-refractivity contribution < 1.29 is 4.79 Å². The molecule has 0 amide bonds. The van der Waals surface area contributed by atoms with Gasteiger partial charge in [0.1, 0.15) is 6.29 Å². The molecule has 0 aliphatic carbocycles. The van der Waals surface area contributed by atoms with E-state index in [1.807, 2.05) is 0 Å². The molecule has 0 atom stereocenters. The molecule has 0 aliphatic rings. The van der Waals surface area contributed by atoms with E-state index in [0.29, 0.717) is 13.0 Å². The highest BCUT2D eigenvalue weighted by atomic mass is 16.1. The summed E-state index contributed by atoms with van der Waals surface area (Å²) in [6.07, 6.45) is 2.57. The Balaban J connectivity index is 2.56. The molecule has 2 aromatic carbocycles. The van der Waals surface area contributed by atoms with Gasteiger partial charge in [-0.3, -0.25) is 0 Å². The second kappa shape index (κ2) is 6.08. The van der Waals surface area contributed by atoms with E-state index >= 15 is 0 Å². The van der Waals surface area contributed by atoms with Gasteiger partial charge in [-0.15, -0.1) is 0 Å². The van der Waals surface area contributed by atoms with Crippen LogP contribution in [-0.4, -0.2) is 12.8 Å². The molecule has 2 rings (SSSR count). The van der Waals surface area contributed by atoms with E-state index in [1.165, 1.54) is 16.3 Å². The lowest BCUT2D eigenvalue weighted by Crippen LogP contribution is -2.19. The summed E-state index contributed by atoms with van der Waals surface area (Å²) in [5, 5.41) is 5.99. The first kappa shape index (κ1) is 14.6. The van der Waals surface area contributed by atoms with Crippen molar-refractivity contribution in [1.82, 2.24) is 0 Å². The van der Waals surface area contributed by atoms with Gasteiger partial charge in [0.05, 0.1) is 0 Å². The van der Waals surface area contributed by atoms with Crippen LogP contribution in [0.15, 0.2) is 36.4 Å². The maximum Gasteiger partial charge on any atom is 0.121 e. The average molecular weight is 269 g/mol. The fourth-order valence-corrected chi connectivity index (χ4v) is 2.59. The zero-order valence-electron chi connectivity index (χ0n) is 12.6. The fraction of sp³-hybridized carbons (Fsp3) is 0.389. The Kier molecular flexibility index (Phi) is 4.43. The maximum absolute atomic E-state index is 10.5. The van der Waals surface area contributed by atoms with Gasteiger partial charge in [0, 0.05) is 18.7 Å². The van der Waals surface area contributed by atoms with E-state index in [0.717, 1.165) is 18.4 Å². The topological polar surface area (TPSA) is 29.1 Å². The smallest absolute Gasteiger partial charge is 0.121 e. The first-order valence-electron chi connectivity index (χ1n) is 7.30. The van der Waals surface area contributed by atoms with Crippen LogP contribution in [0.4, 0.5) is 5.69 Å². The van der Waals surface area contributed by atoms with Gasteiger partial charge in [-0.05, 0) is 34.2 Å². The van der Waals surface area contributed by atoms with E-state index in [9.17, 15) is 4.79 Å². The Hall–Kier alpha value is -1.83. The number of benzene rings is 2. The van der Waals surface area contributed by atoms with Crippen LogP contribution in [0.2, 0.25) is 0 Å². The van der Waals surface area contributed by atoms with Gasteiger partial charge >= 0.3 is 0 Å². The van der Waals surface area contributed by atoms with E-state index in [-0.39, 0.29) is 5.41 Å². The van der Waals surface area contributed by atoms with Gasteiger partial charge in [0.15, 0.2) is 0 Å². The SMILES string of the molecule is CCC(C)(C)c1c(NCCC=O)ccc2ccccc12. The number of aldehydes is 1. The zero-order valence-corrected chi connectivity index (χ0v) is 12.6. The first-order valence-corrected chi connectivity index (χ1v) is 7.30. The van der Waals surface area contributed by atoms with Crippen molar-refractivity contribution in [2.75, 3.05) is 11.9 Å². The summed E-state index contributed by atoms with van der Waals surface area (Å²) in [4.78, 5) is 10.5. The summed E-state index contributed by atoms with van der Waals surface area (Å²) < 4.78 is 0. The van der Waals surface area contributed by atoms with Crippen LogP contribution in [-0.2, 0) is 10.2 Å². The zero-order chi connectivity index (χ0) is 14.6. The lowest BCUT2D eigenvalue weighted by Gasteiger charge is -2.28. The van der Waals surface area contributed by atoms with Crippen LogP contribution < -0.4 is 5.32 Å². The lowest BCUT2D eigenvalue weighted by molar-refractivity contribution is -0.107. The summed E-state index contributed by atoms with van der Waals surface area (Å²) in [6.45, 7) is 7.46. The van der Waals surface area contributed by atoms with Crippen molar-refractivity contribution in [3.05, 3.63) is 42.0 Å². The van der Waals surface area contributed by atoms with Crippen LogP contribution in [0.3, 0.4) is 0 Å². The van der Waals surface area contributed by atoms with E-state index in [2.05, 4.69) is 62.5 Å². The second-order valence-electron chi connectivity index (χ2n) is 5.83. The third-order valence-electron chi connectivity index (χ3n) is 4.07. The number of carbonyl (C=O) groups is 1. The minimum Gasteiger partial charge on any atom is -0.384 e. The molecular formula is C18H23NO. The molecule has 0 radical (unpaired) electrons. The number of rotatable bonds is 6. The van der Waals surface area contributed by atoms with E-state index in [4.69, 9.17) is 0 Å². The molecule has 0 spiro atoms. The van der Waals surface area contributed by atoms with Crippen molar-refractivity contribution >= 4 is 22.7 Å². The molecule has 2 heteroatoms. The van der Waals surface area contributed by atoms with Gasteiger partial charge in [-0.1, -0.05) is 51.1 Å². The van der Waals surface area contributed by atoms with Gasteiger partial charge in [0.25, 0.3) is 0 Å². The van der Waals surface area contributed by atoms with Crippen LogP contribution in [0.5, 0.6) is 0 Å². The molecule has 2 nitrogen and oxygen atoms in total. The fourth-order valence-electron chi connectivity index (χ4n) is 2.59. The molecule has 0 bridgehead atoms. The average Bonchev–Trinajstić information content (AvgIpc) is 2.47. The molecule has 0 heterocycles. The van der Waals surface area contributed by atoms with Gasteiger partial charge in [-0.25, -0.2) is 0 Å². The molecule has 0 aromatic heterocycles.